The number of quaternary nitrogens is 1. The van der Waals surface area contributed by atoms with E-state index in [2.05, 4.69) is 0 Å². The molecule has 0 aliphatic carbocycles. The molecule has 2 saturated heterocycles. The van der Waals surface area contributed by atoms with Crippen LogP contribution in [-0.4, -0.2) is 47.4 Å². The van der Waals surface area contributed by atoms with Crippen molar-refractivity contribution in [1.29, 1.82) is 0 Å². The molecule has 6 nitrogen and oxygen atoms in total. The van der Waals surface area contributed by atoms with Gasteiger partial charge < -0.3 is 4.90 Å². The Morgan fingerprint density at radius 2 is 1.38 bits per heavy atom. The molecular weight excluding hydrogens is 306 g/mol. The average Bonchev–Trinajstić information content (AvgIpc) is 2.76. The molecular formula is C18H24N3O3+. The Labute approximate surface area is 142 Å². The molecule has 128 valence electrons. The molecule has 1 N–H and O–H groups in total. The minimum atomic E-state index is -0.713. The molecule has 2 aliphatic heterocycles. The van der Waals surface area contributed by atoms with Crippen molar-refractivity contribution < 1.29 is 19.3 Å². The average molecular weight is 330 g/mol. The highest BCUT2D eigenvalue weighted by atomic mass is 16.2. The van der Waals surface area contributed by atoms with Crippen LogP contribution in [0.3, 0.4) is 0 Å². The summed E-state index contributed by atoms with van der Waals surface area (Å²) in [7, 11) is 0. The van der Waals surface area contributed by atoms with Crippen molar-refractivity contribution in [2.75, 3.05) is 19.8 Å². The Morgan fingerprint density at radius 3 is 2.04 bits per heavy atom. The van der Waals surface area contributed by atoms with Crippen LogP contribution in [0.2, 0.25) is 0 Å². The summed E-state index contributed by atoms with van der Waals surface area (Å²) in [6.45, 7) is 2.35. The Morgan fingerprint density at radius 1 is 0.792 bits per heavy atom. The highest BCUT2D eigenvalue weighted by Gasteiger charge is 2.45. The lowest BCUT2D eigenvalue weighted by molar-refractivity contribution is -0.908. The van der Waals surface area contributed by atoms with E-state index < -0.39 is 17.8 Å². The molecule has 0 saturated carbocycles. The summed E-state index contributed by atoms with van der Waals surface area (Å²) in [5.74, 6) is -1.40. The number of hydrogen-bond acceptors (Lipinski definition) is 3. The van der Waals surface area contributed by atoms with Gasteiger partial charge in [0.25, 0.3) is 0 Å². The van der Waals surface area contributed by atoms with Crippen LogP contribution >= 0.6 is 0 Å². The van der Waals surface area contributed by atoms with Gasteiger partial charge in [-0.25, -0.2) is 9.69 Å². The summed E-state index contributed by atoms with van der Waals surface area (Å²) in [5, 5.41) is 0. The number of urea groups is 1. The largest absolute Gasteiger partial charge is 0.339 e. The number of rotatable bonds is 4. The zero-order chi connectivity index (χ0) is 16.9. The Hall–Kier alpha value is -2.21. The molecule has 1 aromatic carbocycles. The highest BCUT2D eigenvalue weighted by Crippen LogP contribution is 2.15. The number of amides is 4. The molecule has 2 heterocycles. The van der Waals surface area contributed by atoms with Gasteiger partial charge in [0.1, 0.15) is 0 Å². The van der Waals surface area contributed by atoms with Gasteiger partial charge in [0.15, 0.2) is 6.67 Å². The van der Waals surface area contributed by atoms with Gasteiger partial charge in [-0.3, -0.25) is 14.5 Å². The minimum absolute atomic E-state index is 0.149. The first-order valence-electron chi connectivity index (χ1n) is 8.71. The maximum atomic E-state index is 12.6. The molecule has 24 heavy (non-hydrogen) atoms. The summed E-state index contributed by atoms with van der Waals surface area (Å²) >= 11 is 0. The van der Waals surface area contributed by atoms with Crippen LogP contribution in [0.5, 0.6) is 0 Å². The molecule has 6 heteroatoms. The molecule has 0 atom stereocenters. The third kappa shape index (κ3) is 3.64. The maximum absolute atomic E-state index is 12.6. The van der Waals surface area contributed by atoms with Crippen LogP contribution in [-0.2, 0) is 16.1 Å². The maximum Gasteiger partial charge on any atom is 0.339 e. The molecule has 0 aromatic heterocycles. The molecule has 0 radical (unpaired) electrons. The van der Waals surface area contributed by atoms with Gasteiger partial charge in [0.2, 0.25) is 0 Å². The lowest BCUT2D eigenvalue weighted by Crippen LogP contribution is -3.13. The number of carbonyl (C=O) groups excluding carboxylic acids is 3. The van der Waals surface area contributed by atoms with Crippen LogP contribution in [0.15, 0.2) is 30.3 Å². The first-order chi connectivity index (χ1) is 11.7. The van der Waals surface area contributed by atoms with E-state index in [0.717, 1.165) is 41.3 Å². The summed E-state index contributed by atoms with van der Waals surface area (Å²) in [6.07, 6.45) is 5.87. The third-order valence-electron chi connectivity index (χ3n) is 4.76. The van der Waals surface area contributed by atoms with Gasteiger partial charge in [-0.15, -0.1) is 0 Å². The van der Waals surface area contributed by atoms with Crippen LogP contribution in [0.1, 0.15) is 37.7 Å². The Kier molecular flexibility index (Phi) is 5.25. The number of hydrogen-bond donors (Lipinski definition) is 1. The summed E-state index contributed by atoms with van der Waals surface area (Å²) < 4.78 is 0. The first-order valence-corrected chi connectivity index (χ1v) is 8.71. The monoisotopic (exact) mass is 330 g/mol. The zero-order valence-electron chi connectivity index (χ0n) is 13.9. The second-order valence-corrected chi connectivity index (χ2v) is 6.57. The van der Waals surface area contributed by atoms with Crippen LogP contribution in [0, 0.1) is 0 Å². The van der Waals surface area contributed by atoms with E-state index in [0.29, 0.717) is 6.67 Å². The molecule has 2 fully saturated rings. The van der Waals surface area contributed by atoms with E-state index in [9.17, 15) is 14.4 Å². The van der Waals surface area contributed by atoms with Crippen molar-refractivity contribution in [3.05, 3.63) is 35.9 Å². The SMILES string of the molecule is O=C1C(=O)N(C[NH+]2CCCCCCC2)C(=O)N1Cc1ccccc1. The molecule has 0 bridgehead atoms. The zero-order valence-corrected chi connectivity index (χ0v) is 13.9. The third-order valence-corrected chi connectivity index (χ3v) is 4.76. The molecule has 0 unspecified atom stereocenters. The fourth-order valence-corrected chi connectivity index (χ4v) is 3.38. The minimum Gasteiger partial charge on any atom is -0.317 e. The van der Waals surface area contributed by atoms with Crippen LogP contribution in [0.4, 0.5) is 4.79 Å². The first kappa shape index (κ1) is 16.6. The van der Waals surface area contributed by atoms with Gasteiger partial charge in [-0.2, -0.15) is 0 Å². The molecule has 3 rings (SSSR count). The fraction of sp³-hybridized carbons (Fsp3) is 0.500. The second kappa shape index (κ2) is 7.57. The highest BCUT2D eigenvalue weighted by molar-refractivity contribution is 6.44. The van der Waals surface area contributed by atoms with Gasteiger partial charge in [-0.05, 0) is 31.2 Å². The fourth-order valence-electron chi connectivity index (χ4n) is 3.38. The predicted octanol–water partition coefficient (Wildman–Crippen LogP) is 0.784. The van der Waals surface area contributed by atoms with Crippen LogP contribution in [0.25, 0.3) is 0 Å². The topological polar surface area (TPSA) is 62.1 Å². The predicted molar refractivity (Wildman–Crippen MR) is 87.9 cm³/mol. The van der Waals surface area contributed by atoms with Gasteiger partial charge >= 0.3 is 17.8 Å². The lowest BCUT2D eigenvalue weighted by atomic mass is 10.1. The molecule has 0 spiro atoms. The van der Waals surface area contributed by atoms with E-state index in [4.69, 9.17) is 0 Å². The van der Waals surface area contributed by atoms with Crippen LogP contribution < -0.4 is 4.90 Å². The van der Waals surface area contributed by atoms with E-state index in [1.165, 1.54) is 24.2 Å². The Balaban J connectivity index is 1.67. The van der Waals surface area contributed by atoms with Crippen molar-refractivity contribution >= 4 is 17.8 Å². The molecule has 1 aromatic rings. The number of nitrogens with zero attached hydrogens (tertiary/aromatic N) is 2. The van der Waals surface area contributed by atoms with Crippen molar-refractivity contribution in [2.24, 2.45) is 0 Å². The van der Waals surface area contributed by atoms with E-state index in [1.54, 1.807) is 0 Å². The smallest absolute Gasteiger partial charge is 0.317 e. The quantitative estimate of drug-likeness (QED) is 0.656. The number of imide groups is 2. The van der Waals surface area contributed by atoms with Crippen molar-refractivity contribution in [3.8, 4) is 0 Å². The van der Waals surface area contributed by atoms with Crippen molar-refractivity contribution in [1.82, 2.24) is 9.80 Å². The molecule has 2 aliphatic rings. The second-order valence-electron chi connectivity index (χ2n) is 6.57. The standard InChI is InChI=1S/C18H23N3O3/c22-16-17(23)21(14-19-11-7-2-1-3-8-12-19)18(24)20(16)13-15-9-5-4-6-10-15/h4-6,9-10H,1-3,7-8,11-14H2/p+1. The number of nitrogens with one attached hydrogen (secondary N) is 1. The number of carbonyl (C=O) groups is 3. The normalized spacial score (nSPS) is 20.4. The van der Waals surface area contributed by atoms with E-state index in [1.807, 2.05) is 30.3 Å². The summed E-state index contributed by atoms with van der Waals surface area (Å²) in [5.41, 5.74) is 0.840. The lowest BCUT2D eigenvalue weighted by Gasteiger charge is -2.25. The summed E-state index contributed by atoms with van der Waals surface area (Å²) in [6, 6.07) is 8.78. The van der Waals surface area contributed by atoms with Gasteiger partial charge in [0, 0.05) is 0 Å². The van der Waals surface area contributed by atoms with Gasteiger partial charge in [0.05, 0.1) is 19.6 Å². The van der Waals surface area contributed by atoms with E-state index in [-0.39, 0.29) is 6.54 Å². The number of benzene rings is 1. The van der Waals surface area contributed by atoms with Crippen molar-refractivity contribution in [3.63, 3.8) is 0 Å². The number of likely N-dealkylation sites (tertiary alicyclic amines) is 1. The van der Waals surface area contributed by atoms with Crippen molar-refractivity contribution in [2.45, 2.75) is 38.6 Å². The van der Waals surface area contributed by atoms with E-state index >= 15 is 0 Å². The molecule has 4 amide bonds. The Bertz CT molecular complexity index is 609. The van der Waals surface area contributed by atoms with Gasteiger partial charge in [-0.1, -0.05) is 36.8 Å². The summed E-state index contributed by atoms with van der Waals surface area (Å²) in [4.78, 5) is 40.4.